The summed E-state index contributed by atoms with van der Waals surface area (Å²) in [5.74, 6) is -1.03. The van der Waals surface area contributed by atoms with Crippen molar-refractivity contribution in [2.75, 3.05) is 0 Å². The van der Waals surface area contributed by atoms with E-state index in [2.05, 4.69) is 19.8 Å². The molecular formula is C22H19ClF4N4O. The van der Waals surface area contributed by atoms with Crippen LogP contribution in [0.4, 0.5) is 17.6 Å². The topological polar surface area (TPSA) is 55.7 Å². The number of hydrogen-bond acceptors (Lipinski definition) is 3. The Hall–Kier alpha value is -3.07. The van der Waals surface area contributed by atoms with Gasteiger partial charge in [-0.15, -0.1) is 13.2 Å². The van der Waals surface area contributed by atoms with E-state index in [0.29, 0.717) is 33.3 Å². The number of rotatable bonds is 3. The van der Waals surface area contributed by atoms with Crippen LogP contribution in [0.5, 0.6) is 5.75 Å². The van der Waals surface area contributed by atoms with E-state index in [-0.39, 0.29) is 16.5 Å². The average molecular weight is 467 g/mol. The number of alkyl halides is 3. The third kappa shape index (κ3) is 4.04. The molecule has 0 radical (unpaired) electrons. The second-order valence-corrected chi connectivity index (χ2v) is 8.74. The van der Waals surface area contributed by atoms with Gasteiger partial charge in [0.2, 0.25) is 0 Å². The molecule has 10 heteroatoms. The Morgan fingerprint density at radius 1 is 1.09 bits per heavy atom. The molecule has 1 N–H and O–H groups in total. The molecule has 2 heterocycles. The molecule has 0 atom stereocenters. The number of ether oxygens (including phenoxy) is 1. The Morgan fingerprint density at radius 3 is 2.44 bits per heavy atom. The Bertz CT molecular complexity index is 1320. The van der Waals surface area contributed by atoms with E-state index < -0.39 is 17.9 Å². The molecule has 4 rings (SSSR count). The lowest BCUT2D eigenvalue weighted by Gasteiger charge is -2.15. The van der Waals surface area contributed by atoms with Crippen LogP contribution < -0.4 is 4.74 Å². The molecule has 0 spiro atoms. The Labute approximate surface area is 186 Å². The summed E-state index contributed by atoms with van der Waals surface area (Å²) >= 11 is 6.59. The first-order valence-electron chi connectivity index (χ1n) is 9.63. The van der Waals surface area contributed by atoms with Gasteiger partial charge in [-0.3, -0.25) is 4.68 Å². The molecule has 0 bridgehead atoms. The molecule has 0 amide bonds. The van der Waals surface area contributed by atoms with Crippen molar-refractivity contribution < 1.29 is 22.3 Å². The van der Waals surface area contributed by atoms with Gasteiger partial charge in [-0.05, 0) is 29.8 Å². The van der Waals surface area contributed by atoms with Gasteiger partial charge < -0.3 is 9.72 Å². The van der Waals surface area contributed by atoms with Crippen molar-refractivity contribution in [2.45, 2.75) is 32.5 Å². The molecule has 2 aromatic carbocycles. The van der Waals surface area contributed by atoms with Crippen LogP contribution in [0.25, 0.3) is 33.7 Å². The van der Waals surface area contributed by atoms with Crippen LogP contribution in [0.15, 0.2) is 36.4 Å². The zero-order valence-electron chi connectivity index (χ0n) is 17.6. The normalized spacial score (nSPS) is 12.5. The molecular weight excluding hydrogens is 448 g/mol. The molecule has 0 saturated heterocycles. The number of aromatic nitrogens is 4. The largest absolute Gasteiger partial charge is 0.573 e. The highest BCUT2D eigenvalue weighted by Crippen LogP contribution is 2.39. The van der Waals surface area contributed by atoms with E-state index in [9.17, 15) is 17.6 Å². The van der Waals surface area contributed by atoms with Crippen LogP contribution in [0.3, 0.4) is 0 Å². The molecule has 0 saturated carbocycles. The number of H-pyrrole nitrogens is 1. The number of nitrogens with zero attached hydrogens (tertiary/aromatic N) is 3. The van der Waals surface area contributed by atoms with Crippen LogP contribution in [0, 0.1) is 5.82 Å². The number of halogens is 5. The smallest absolute Gasteiger partial charge is 0.405 e. The van der Waals surface area contributed by atoms with Crippen LogP contribution in [0.1, 0.15) is 26.5 Å². The molecule has 168 valence electrons. The van der Waals surface area contributed by atoms with Gasteiger partial charge in [0.25, 0.3) is 0 Å². The fraction of sp³-hybridized carbons (Fsp3) is 0.273. The summed E-state index contributed by atoms with van der Waals surface area (Å²) in [4.78, 5) is 7.68. The second kappa shape index (κ2) is 7.51. The summed E-state index contributed by atoms with van der Waals surface area (Å²) < 4.78 is 58.5. The van der Waals surface area contributed by atoms with E-state index >= 15 is 0 Å². The van der Waals surface area contributed by atoms with Crippen molar-refractivity contribution in [3.63, 3.8) is 0 Å². The van der Waals surface area contributed by atoms with E-state index in [1.54, 1.807) is 17.8 Å². The van der Waals surface area contributed by atoms with Gasteiger partial charge in [0.05, 0.1) is 27.3 Å². The van der Waals surface area contributed by atoms with Crippen molar-refractivity contribution in [1.82, 2.24) is 19.7 Å². The maximum Gasteiger partial charge on any atom is 0.573 e. The minimum atomic E-state index is -4.95. The van der Waals surface area contributed by atoms with Crippen molar-refractivity contribution in [3.8, 4) is 28.4 Å². The zero-order valence-corrected chi connectivity index (χ0v) is 18.4. The Morgan fingerprint density at radius 2 is 1.81 bits per heavy atom. The maximum absolute atomic E-state index is 14.5. The number of aryl methyl sites for hydroxylation is 1. The number of imidazole rings is 1. The average Bonchev–Trinajstić information content (AvgIpc) is 3.19. The van der Waals surface area contributed by atoms with E-state index in [4.69, 9.17) is 11.6 Å². The summed E-state index contributed by atoms with van der Waals surface area (Å²) in [6.07, 6.45) is -4.95. The van der Waals surface area contributed by atoms with Gasteiger partial charge in [-0.25, -0.2) is 9.37 Å². The number of nitrogens with one attached hydrogen (secondary N) is 1. The van der Waals surface area contributed by atoms with Crippen molar-refractivity contribution in [1.29, 1.82) is 0 Å². The highest BCUT2D eigenvalue weighted by atomic mass is 35.5. The lowest BCUT2D eigenvalue weighted by molar-refractivity contribution is -0.274. The SMILES string of the molecule is Cn1nc(C(C)(C)C)c(Cl)c1-c1nc2cc(-c3c(F)cccc3OC(F)(F)F)ccc2[nH]1. The first kappa shape index (κ1) is 22.1. The van der Waals surface area contributed by atoms with Crippen LogP contribution >= 0.6 is 11.6 Å². The van der Waals surface area contributed by atoms with Crippen molar-refractivity contribution in [3.05, 3.63) is 52.9 Å². The van der Waals surface area contributed by atoms with E-state index in [1.165, 1.54) is 12.1 Å². The third-order valence-electron chi connectivity index (χ3n) is 4.90. The van der Waals surface area contributed by atoms with Crippen LogP contribution in [-0.4, -0.2) is 26.1 Å². The standard InChI is InChI=1S/C22H19ClF4N4O/c1-21(2,3)19-17(23)18(31(4)30-19)20-28-13-9-8-11(10-14(13)29-20)16-12(24)6-5-7-15(16)32-22(25,26)27/h5-10H,1-4H3,(H,28,29). The first-order chi connectivity index (χ1) is 14.8. The monoisotopic (exact) mass is 466 g/mol. The molecule has 32 heavy (non-hydrogen) atoms. The molecule has 0 fully saturated rings. The van der Waals surface area contributed by atoms with E-state index in [1.807, 2.05) is 20.8 Å². The maximum atomic E-state index is 14.5. The summed E-state index contributed by atoms with van der Waals surface area (Å²) in [6, 6.07) is 7.89. The molecule has 0 unspecified atom stereocenters. The quantitative estimate of drug-likeness (QED) is 0.345. The predicted octanol–water partition coefficient (Wildman–Crippen LogP) is 6.62. The summed E-state index contributed by atoms with van der Waals surface area (Å²) in [5.41, 5.74) is 1.91. The lowest BCUT2D eigenvalue weighted by atomic mass is 9.92. The Balaban J connectivity index is 1.83. The van der Waals surface area contributed by atoms with Gasteiger partial charge in [0, 0.05) is 12.5 Å². The zero-order chi connectivity index (χ0) is 23.4. The van der Waals surface area contributed by atoms with Crippen molar-refractivity contribution >= 4 is 22.6 Å². The fourth-order valence-corrected chi connectivity index (χ4v) is 4.04. The highest BCUT2D eigenvalue weighted by molar-refractivity contribution is 6.33. The molecule has 2 aromatic heterocycles. The molecule has 4 aromatic rings. The minimum absolute atomic E-state index is 0.194. The molecule has 0 aliphatic rings. The number of benzene rings is 2. The summed E-state index contributed by atoms with van der Waals surface area (Å²) in [7, 11) is 1.75. The second-order valence-electron chi connectivity index (χ2n) is 8.36. The number of fused-ring (bicyclic) bond motifs is 1. The minimum Gasteiger partial charge on any atom is -0.405 e. The number of aromatic amines is 1. The first-order valence-corrected chi connectivity index (χ1v) is 10.0. The van der Waals surface area contributed by atoms with Gasteiger partial charge in [0.15, 0.2) is 5.82 Å². The van der Waals surface area contributed by atoms with E-state index in [0.717, 1.165) is 18.2 Å². The molecule has 5 nitrogen and oxygen atoms in total. The van der Waals surface area contributed by atoms with Crippen molar-refractivity contribution in [2.24, 2.45) is 7.05 Å². The van der Waals surface area contributed by atoms with Gasteiger partial charge in [-0.1, -0.05) is 44.5 Å². The molecule has 0 aliphatic carbocycles. The summed E-state index contributed by atoms with van der Waals surface area (Å²) in [6.45, 7) is 5.97. The lowest BCUT2D eigenvalue weighted by Crippen LogP contribution is -2.17. The third-order valence-corrected chi connectivity index (χ3v) is 5.25. The van der Waals surface area contributed by atoms with Crippen LogP contribution in [0.2, 0.25) is 5.02 Å². The van der Waals surface area contributed by atoms with Gasteiger partial charge in [-0.2, -0.15) is 5.10 Å². The highest BCUT2D eigenvalue weighted by Gasteiger charge is 2.33. The summed E-state index contributed by atoms with van der Waals surface area (Å²) in [5, 5.41) is 4.96. The fourth-order valence-electron chi connectivity index (χ4n) is 3.50. The predicted molar refractivity (Wildman–Crippen MR) is 114 cm³/mol. The van der Waals surface area contributed by atoms with Gasteiger partial charge in [0.1, 0.15) is 17.3 Å². The molecule has 0 aliphatic heterocycles. The van der Waals surface area contributed by atoms with Crippen LogP contribution in [-0.2, 0) is 12.5 Å². The Kier molecular flexibility index (Phi) is 5.20. The number of hydrogen-bond donors (Lipinski definition) is 1. The van der Waals surface area contributed by atoms with Gasteiger partial charge >= 0.3 is 6.36 Å².